The summed E-state index contributed by atoms with van der Waals surface area (Å²) < 4.78 is 33.2. The zero-order valence-electron chi connectivity index (χ0n) is 16.9. The van der Waals surface area contributed by atoms with Crippen molar-refractivity contribution in [3.05, 3.63) is 82.0 Å². The number of carbonyl (C=O) groups excluding carboxylic acids is 1. The van der Waals surface area contributed by atoms with Gasteiger partial charge in [-0.05, 0) is 54.3 Å². The molecule has 8 heteroatoms. The summed E-state index contributed by atoms with van der Waals surface area (Å²) in [6, 6.07) is 17.4. The number of thiophene rings is 1. The second kappa shape index (κ2) is 9.88. The van der Waals surface area contributed by atoms with E-state index in [4.69, 9.17) is 4.74 Å². The molecule has 158 valence electrons. The van der Waals surface area contributed by atoms with Crippen LogP contribution in [-0.2, 0) is 23.1 Å². The van der Waals surface area contributed by atoms with Gasteiger partial charge in [0, 0.05) is 30.6 Å². The molecule has 3 aromatic rings. The number of sulfonamides is 1. The fraction of sp³-hybridized carbons (Fsp3) is 0.227. The van der Waals surface area contributed by atoms with E-state index < -0.39 is 10.0 Å². The van der Waals surface area contributed by atoms with Gasteiger partial charge in [-0.1, -0.05) is 24.3 Å². The van der Waals surface area contributed by atoms with Gasteiger partial charge in [-0.15, -0.1) is 11.3 Å². The third-order valence-electron chi connectivity index (χ3n) is 4.41. The van der Waals surface area contributed by atoms with Crippen LogP contribution in [0.2, 0.25) is 0 Å². The van der Waals surface area contributed by atoms with Gasteiger partial charge in [-0.2, -0.15) is 0 Å². The summed E-state index contributed by atoms with van der Waals surface area (Å²) in [4.78, 5) is 15.4. The van der Waals surface area contributed by atoms with Crippen molar-refractivity contribution in [2.75, 3.05) is 13.7 Å². The van der Waals surface area contributed by atoms with Crippen molar-refractivity contribution in [2.45, 2.75) is 24.9 Å². The zero-order valence-corrected chi connectivity index (χ0v) is 18.5. The van der Waals surface area contributed by atoms with Crippen LogP contribution in [0.15, 0.2) is 70.9 Å². The molecule has 0 saturated heterocycles. The Morgan fingerprint density at radius 2 is 1.87 bits per heavy atom. The van der Waals surface area contributed by atoms with E-state index in [1.54, 1.807) is 24.1 Å². The lowest BCUT2D eigenvalue weighted by molar-refractivity contribution is 0.0785. The first-order chi connectivity index (χ1) is 14.4. The molecule has 1 heterocycles. The van der Waals surface area contributed by atoms with Gasteiger partial charge < -0.3 is 9.64 Å². The fourth-order valence-electron chi connectivity index (χ4n) is 2.88. The number of carbonyl (C=O) groups is 1. The fourth-order valence-corrected chi connectivity index (χ4v) is 4.67. The molecule has 30 heavy (non-hydrogen) atoms. The van der Waals surface area contributed by atoms with Gasteiger partial charge in [0.1, 0.15) is 5.75 Å². The average molecular weight is 445 g/mol. The molecule has 0 aliphatic rings. The Labute approximate surface area is 181 Å². The molecule has 0 fully saturated rings. The highest BCUT2D eigenvalue weighted by atomic mass is 32.2. The first-order valence-electron chi connectivity index (χ1n) is 9.48. The first kappa shape index (κ1) is 22.0. The van der Waals surface area contributed by atoms with Crippen LogP contribution >= 0.6 is 11.3 Å². The van der Waals surface area contributed by atoms with Crippen LogP contribution in [0.25, 0.3) is 0 Å². The van der Waals surface area contributed by atoms with E-state index in [1.807, 2.05) is 48.7 Å². The lowest BCUT2D eigenvalue weighted by Crippen LogP contribution is -2.27. The number of nitrogens with zero attached hydrogens (tertiary/aromatic N) is 1. The Morgan fingerprint density at radius 1 is 1.10 bits per heavy atom. The summed E-state index contributed by atoms with van der Waals surface area (Å²) in [6.45, 7) is 3.14. The summed E-state index contributed by atoms with van der Waals surface area (Å²) in [5, 5.41) is 1.89. The normalized spacial score (nSPS) is 11.3. The van der Waals surface area contributed by atoms with Crippen LogP contribution in [0.1, 0.15) is 27.7 Å². The Bertz CT molecular complexity index is 1080. The monoisotopic (exact) mass is 444 g/mol. The highest BCUT2D eigenvalue weighted by Crippen LogP contribution is 2.17. The summed E-state index contributed by atoms with van der Waals surface area (Å²) in [5.41, 5.74) is 1.28. The number of hydrogen-bond acceptors (Lipinski definition) is 5. The van der Waals surface area contributed by atoms with Crippen molar-refractivity contribution < 1.29 is 17.9 Å². The Morgan fingerprint density at radius 3 is 2.53 bits per heavy atom. The molecule has 2 aromatic carbocycles. The van der Waals surface area contributed by atoms with Crippen LogP contribution in [0.3, 0.4) is 0 Å². The number of ether oxygens (including phenoxy) is 1. The van der Waals surface area contributed by atoms with E-state index in [9.17, 15) is 13.2 Å². The van der Waals surface area contributed by atoms with Gasteiger partial charge in [0.25, 0.3) is 5.91 Å². The van der Waals surface area contributed by atoms with Gasteiger partial charge in [0.05, 0.1) is 11.5 Å². The van der Waals surface area contributed by atoms with Crippen molar-refractivity contribution >= 4 is 27.3 Å². The molecule has 0 spiro atoms. The quantitative estimate of drug-likeness (QED) is 0.543. The maximum atomic E-state index is 12.8. The van der Waals surface area contributed by atoms with Crippen molar-refractivity contribution in [1.82, 2.24) is 9.62 Å². The molecular weight excluding hydrogens is 420 g/mol. The van der Waals surface area contributed by atoms with Crippen LogP contribution in [0.5, 0.6) is 5.75 Å². The van der Waals surface area contributed by atoms with Crippen LogP contribution in [0.4, 0.5) is 0 Å². The molecule has 3 rings (SSSR count). The maximum absolute atomic E-state index is 12.8. The third kappa shape index (κ3) is 5.69. The number of rotatable bonds is 9. The molecule has 0 radical (unpaired) electrons. The third-order valence-corrected chi connectivity index (χ3v) is 6.68. The smallest absolute Gasteiger partial charge is 0.253 e. The van der Waals surface area contributed by atoms with Gasteiger partial charge in [0.15, 0.2) is 0 Å². The predicted octanol–water partition coefficient (Wildman–Crippen LogP) is 3.90. The topological polar surface area (TPSA) is 75.7 Å². The van der Waals surface area contributed by atoms with Crippen LogP contribution in [-0.4, -0.2) is 32.9 Å². The molecule has 0 aliphatic heterocycles. The molecule has 1 amide bonds. The van der Waals surface area contributed by atoms with Crippen molar-refractivity contribution in [3.63, 3.8) is 0 Å². The van der Waals surface area contributed by atoms with E-state index in [0.717, 1.165) is 16.2 Å². The Kier molecular flexibility index (Phi) is 7.25. The minimum atomic E-state index is -3.72. The molecule has 0 atom stereocenters. The molecule has 0 unspecified atom stereocenters. The predicted molar refractivity (Wildman–Crippen MR) is 118 cm³/mol. The first-order valence-corrected chi connectivity index (χ1v) is 11.8. The Balaban J connectivity index is 1.68. The van der Waals surface area contributed by atoms with Gasteiger partial charge >= 0.3 is 0 Å². The number of amides is 1. The van der Waals surface area contributed by atoms with Gasteiger partial charge in [0.2, 0.25) is 10.0 Å². The number of benzene rings is 2. The average Bonchev–Trinajstić information content (AvgIpc) is 3.27. The van der Waals surface area contributed by atoms with Crippen molar-refractivity contribution in [2.24, 2.45) is 0 Å². The maximum Gasteiger partial charge on any atom is 0.253 e. The zero-order chi connectivity index (χ0) is 21.6. The van der Waals surface area contributed by atoms with E-state index in [0.29, 0.717) is 18.7 Å². The number of nitrogens with one attached hydrogen (secondary N) is 1. The molecule has 1 aromatic heterocycles. The number of hydrogen-bond donors (Lipinski definition) is 1. The second-order valence-electron chi connectivity index (χ2n) is 6.67. The van der Waals surface area contributed by atoms with E-state index in [2.05, 4.69) is 4.72 Å². The standard InChI is InChI=1S/C22H24N2O4S2/c1-3-28-19-11-9-17(10-12-19)16-24(2)22(25)18-6-4-8-21(14-18)30(26,27)23-15-20-7-5-13-29-20/h4-14,23H,3,15-16H2,1-2H3. The minimum absolute atomic E-state index is 0.0689. The lowest BCUT2D eigenvalue weighted by Gasteiger charge is -2.18. The van der Waals surface area contributed by atoms with E-state index in [1.165, 1.54) is 23.5 Å². The van der Waals surface area contributed by atoms with Crippen molar-refractivity contribution in [3.8, 4) is 5.75 Å². The molecule has 6 nitrogen and oxygen atoms in total. The Hall–Kier alpha value is -2.68. The molecule has 1 N–H and O–H groups in total. The summed E-state index contributed by atoms with van der Waals surface area (Å²) in [5.74, 6) is 0.530. The van der Waals surface area contributed by atoms with Crippen LogP contribution < -0.4 is 9.46 Å². The van der Waals surface area contributed by atoms with Crippen LogP contribution in [0, 0.1) is 0 Å². The van der Waals surface area contributed by atoms with Gasteiger partial charge in [-0.3, -0.25) is 4.79 Å². The molecule has 0 saturated carbocycles. The molecule has 0 aliphatic carbocycles. The molecular formula is C22H24N2O4S2. The lowest BCUT2D eigenvalue weighted by atomic mass is 10.1. The van der Waals surface area contributed by atoms with Gasteiger partial charge in [-0.25, -0.2) is 13.1 Å². The second-order valence-corrected chi connectivity index (χ2v) is 9.47. The minimum Gasteiger partial charge on any atom is -0.494 e. The highest BCUT2D eigenvalue weighted by Gasteiger charge is 2.18. The largest absolute Gasteiger partial charge is 0.494 e. The summed E-state index contributed by atoms with van der Waals surface area (Å²) in [7, 11) is -2.03. The SMILES string of the molecule is CCOc1ccc(CN(C)C(=O)c2cccc(S(=O)(=O)NCc3cccs3)c2)cc1. The van der Waals surface area contributed by atoms with E-state index >= 15 is 0 Å². The summed E-state index contributed by atoms with van der Waals surface area (Å²) >= 11 is 1.48. The van der Waals surface area contributed by atoms with E-state index in [-0.39, 0.29) is 17.3 Å². The summed E-state index contributed by atoms with van der Waals surface area (Å²) in [6.07, 6.45) is 0. The van der Waals surface area contributed by atoms with Crippen molar-refractivity contribution in [1.29, 1.82) is 0 Å². The molecule has 0 bridgehead atoms. The highest BCUT2D eigenvalue weighted by molar-refractivity contribution is 7.89.